The third kappa shape index (κ3) is 2.79. The van der Waals surface area contributed by atoms with E-state index in [4.69, 9.17) is 5.26 Å². The van der Waals surface area contributed by atoms with Gasteiger partial charge in [-0.3, -0.25) is 4.79 Å². The molecule has 1 amide bonds. The van der Waals surface area contributed by atoms with E-state index in [9.17, 15) is 4.79 Å². The summed E-state index contributed by atoms with van der Waals surface area (Å²) in [6.07, 6.45) is 0. The van der Waals surface area contributed by atoms with Crippen molar-refractivity contribution in [2.45, 2.75) is 6.04 Å². The highest BCUT2D eigenvalue weighted by Crippen LogP contribution is 2.17. The van der Waals surface area contributed by atoms with E-state index in [0.717, 1.165) is 18.8 Å². The summed E-state index contributed by atoms with van der Waals surface area (Å²) in [5.74, 6) is 0.0175. The van der Waals surface area contributed by atoms with Gasteiger partial charge in [0.2, 0.25) is 5.91 Å². The Morgan fingerprint density at radius 1 is 1.61 bits per heavy atom. The molecule has 1 heterocycles. The molecular formula is C13H16N4O. The Kier molecular flexibility index (Phi) is 3.80. The van der Waals surface area contributed by atoms with Gasteiger partial charge in [0.05, 0.1) is 24.2 Å². The van der Waals surface area contributed by atoms with Crippen LogP contribution in [-0.2, 0) is 4.79 Å². The molecule has 0 spiro atoms. The fraction of sp³-hybridized carbons (Fsp3) is 0.385. The van der Waals surface area contributed by atoms with E-state index >= 15 is 0 Å². The number of nitrogens with one attached hydrogen (secondary N) is 2. The van der Waals surface area contributed by atoms with Gasteiger partial charge in [0.1, 0.15) is 0 Å². The molecule has 0 bridgehead atoms. The van der Waals surface area contributed by atoms with Crippen molar-refractivity contribution in [2.24, 2.45) is 0 Å². The molecule has 1 saturated heterocycles. The highest BCUT2D eigenvalue weighted by Gasteiger charge is 2.24. The van der Waals surface area contributed by atoms with Crippen LogP contribution in [-0.4, -0.2) is 38.6 Å². The number of carbonyl (C=O) groups is 1. The zero-order valence-electron chi connectivity index (χ0n) is 10.3. The minimum Gasteiger partial charge on any atom is -0.360 e. The molecule has 0 aliphatic carbocycles. The van der Waals surface area contributed by atoms with Crippen molar-refractivity contribution in [2.75, 3.05) is 31.6 Å². The predicted octanol–water partition coefficient (Wildman–Crippen LogP) is 0.0825. The molecule has 1 aromatic carbocycles. The Balaban J connectivity index is 2.16. The number of hydrogen-bond donors (Lipinski definition) is 2. The number of benzene rings is 1. The molecule has 2 rings (SSSR count). The summed E-state index contributed by atoms with van der Waals surface area (Å²) >= 11 is 0. The van der Waals surface area contributed by atoms with E-state index < -0.39 is 0 Å². The largest absolute Gasteiger partial charge is 0.360 e. The first-order chi connectivity index (χ1) is 8.72. The van der Waals surface area contributed by atoms with Crippen molar-refractivity contribution < 1.29 is 4.79 Å². The lowest BCUT2D eigenvalue weighted by molar-refractivity contribution is -0.121. The van der Waals surface area contributed by atoms with Gasteiger partial charge >= 0.3 is 0 Å². The maximum Gasteiger partial charge on any atom is 0.239 e. The Bertz CT molecular complexity index is 480. The smallest absolute Gasteiger partial charge is 0.239 e. The van der Waals surface area contributed by atoms with Gasteiger partial charge in [0.15, 0.2) is 0 Å². The van der Waals surface area contributed by atoms with E-state index in [1.807, 2.05) is 30.1 Å². The average Bonchev–Trinajstić information content (AvgIpc) is 2.38. The molecule has 0 radical (unpaired) electrons. The molecule has 1 aliphatic heterocycles. The summed E-state index contributed by atoms with van der Waals surface area (Å²) in [6, 6.07) is 9.56. The number of anilines is 1. The van der Waals surface area contributed by atoms with Crippen LogP contribution in [0.4, 0.5) is 5.69 Å². The van der Waals surface area contributed by atoms with E-state index in [-0.39, 0.29) is 11.9 Å². The van der Waals surface area contributed by atoms with Crippen molar-refractivity contribution in [1.82, 2.24) is 10.6 Å². The SMILES string of the molecule is CNCC1CN(c2cccc(C#N)c2)CC(=O)N1. The van der Waals surface area contributed by atoms with Crippen molar-refractivity contribution in [3.8, 4) is 6.07 Å². The summed E-state index contributed by atoms with van der Waals surface area (Å²) < 4.78 is 0. The summed E-state index contributed by atoms with van der Waals surface area (Å²) in [6.45, 7) is 1.83. The fourth-order valence-corrected chi connectivity index (χ4v) is 2.15. The van der Waals surface area contributed by atoms with Crippen molar-refractivity contribution in [1.29, 1.82) is 5.26 Å². The van der Waals surface area contributed by atoms with Gasteiger partial charge in [-0.05, 0) is 25.2 Å². The Morgan fingerprint density at radius 2 is 2.44 bits per heavy atom. The van der Waals surface area contributed by atoms with Crippen LogP contribution in [0.1, 0.15) is 5.56 Å². The zero-order chi connectivity index (χ0) is 13.0. The monoisotopic (exact) mass is 244 g/mol. The molecule has 1 aromatic rings. The maximum atomic E-state index is 11.6. The predicted molar refractivity (Wildman–Crippen MR) is 69.2 cm³/mol. The van der Waals surface area contributed by atoms with Crippen LogP contribution < -0.4 is 15.5 Å². The topological polar surface area (TPSA) is 68.2 Å². The molecule has 18 heavy (non-hydrogen) atoms. The minimum absolute atomic E-state index is 0.0175. The van der Waals surface area contributed by atoms with E-state index in [1.54, 1.807) is 6.07 Å². The molecule has 1 aliphatic rings. The molecule has 5 nitrogen and oxygen atoms in total. The number of carbonyl (C=O) groups excluding carboxylic acids is 1. The van der Waals surface area contributed by atoms with Crippen molar-refractivity contribution in [3.05, 3.63) is 29.8 Å². The van der Waals surface area contributed by atoms with Crippen LogP contribution in [0.5, 0.6) is 0 Å². The molecule has 94 valence electrons. The number of hydrogen-bond acceptors (Lipinski definition) is 4. The summed E-state index contributed by atoms with van der Waals surface area (Å²) in [4.78, 5) is 13.6. The van der Waals surface area contributed by atoms with Crippen molar-refractivity contribution >= 4 is 11.6 Å². The van der Waals surface area contributed by atoms with E-state index in [0.29, 0.717) is 12.1 Å². The van der Waals surface area contributed by atoms with Gasteiger partial charge in [0, 0.05) is 18.8 Å². The third-order valence-corrected chi connectivity index (χ3v) is 2.93. The van der Waals surface area contributed by atoms with Crippen LogP contribution in [0, 0.1) is 11.3 Å². The van der Waals surface area contributed by atoms with Crippen LogP contribution >= 0.6 is 0 Å². The van der Waals surface area contributed by atoms with E-state index in [2.05, 4.69) is 16.7 Å². The van der Waals surface area contributed by atoms with Gasteiger partial charge in [-0.25, -0.2) is 0 Å². The van der Waals surface area contributed by atoms with Crippen LogP contribution in [0.25, 0.3) is 0 Å². The molecule has 2 N–H and O–H groups in total. The second-order valence-electron chi connectivity index (χ2n) is 4.36. The van der Waals surface area contributed by atoms with Crippen LogP contribution in [0.3, 0.4) is 0 Å². The lowest BCUT2D eigenvalue weighted by Crippen LogP contribution is -2.57. The Hall–Kier alpha value is -2.06. The van der Waals surface area contributed by atoms with Gasteiger partial charge in [0.25, 0.3) is 0 Å². The molecular weight excluding hydrogens is 228 g/mol. The average molecular weight is 244 g/mol. The third-order valence-electron chi connectivity index (χ3n) is 2.93. The van der Waals surface area contributed by atoms with Crippen LogP contribution in [0.15, 0.2) is 24.3 Å². The molecule has 1 fully saturated rings. The highest BCUT2D eigenvalue weighted by atomic mass is 16.2. The molecule has 1 atom stereocenters. The van der Waals surface area contributed by atoms with Gasteiger partial charge in [-0.15, -0.1) is 0 Å². The summed E-state index contributed by atoms with van der Waals surface area (Å²) in [5.41, 5.74) is 1.54. The lowest BCUT2D eigenvalue weighted by Gasteiger charge is -2.34. The summed E-state index contributed by atoms with van der Waals surface area (Å²) in [5, 5.41) is 14.9. The lowest BCUT2D eigenvalue weighted by atomic mass is 10.1. The number of amides is 1. The first kappa shape index (κ1) is 12.4. The van der Waals surface area contributed by atoms with Gasteiger partial charge < -0.3 is 15.5 Å². The van der Waals surface area contributed by atoms with Gasteiger partial charge in [-0.1, -0.05) is 6.07 Å². The number of piperazine rings is 1. The number of nitriles is 1. The first-order valence-corrected chi connectivity index (χ1v) is 5.92. The van der Waals surface area contributed by atoms with Gasteiger partial charge in [-0.2, -0.15) is 5.26 Å². The molecule has 0 saturated carbocycles. The zero-order valence-corrected chi connectivity index (χ0v) is 10.3. The number of nitrogens with zero attached hydrogens (tertiary/aromatic N) is 2. The Morgan fingerprint density at radius 3 is 3.17 bits per heavy atom. The highest BCUT2D eigenvalue weighted by molar-refractivity contribution is 5.83. The number of rotatable bonds is 3. The maximum absolute atomic E-state index is 11.6. The normalized spacial score (nSPS) is 19.2. The van der Waals surface area contributed by atoms with E-state index in [1.165, 1.54) is 0 Å². The molecule has 5 heteroatoms. The van der Waals surface area contributed by atoms with Crippen LogP contribution in [0.2, 0.25) is 0 Å². The van der Waals surface area contributed by atoms with Crippen molar-refractivity contribution in [3.63, 3.8) is 0 Å². The molecule has 1 unspecified atom stereocenters. The fourth-order valence-electron chi connectivity index (χ4n) is 2.15. The first-order valence-electron chi connectivity index (χ1n) is 5.92. The second-order valence-corrected chi connectivity index (χ2v) is 4.36. The Labute approximate surface area is 106 Å². The second kappa shape index (κ2) is 5.52. The minimum atomic E-state index is 0.0175. The quantitative estimate of drug-likeness (QED) is 0.790. The molecule has 0 aromatic heterocycles. The number of likely N-dealkylation sites (N-methyl/N-ethyl adjacent to an activating group) is 1. The standard InChI is InChI=1S/C13H16N4O/c1-15-7-11-8-17(9-13(18)16-11)12-4-2-3-10(5-12)6-14/h2-5,11,15H,7-9H2,1H3,(H,16,18). The summed E-state index contributed by atoms with van der Waals surface area (Å²) in [7, 11) is 1.86.